The molecule has 1 aromatic heterocycles. The van der Waals surface area contributed by atoms with Crippen molar-refractivity contribution >= 4 is 34.8 Å². The van der Waals surface area contributed by atoms with E-state index < -0.39 is 0 Å². The maximum absolute atomic E-state index is 6.15. The zero-order valence-corrected chi connectivity index (χ0v) is 12.7. The number of hydrogen-bond acceptors (Lipinski definition) is 2. The second-order valence-electron chi connectivity index (χ2n) is 4.39. The SMILES string of the molecule is CC(Cc1ccco1)NCc1c(Cl)ccc(Cl)c1Cl. The minimum absolute atomic E-state index is 0.247. The zero-order chi connectivity index (χ0) is 13.8. The molecule has 0 saturated carbocycles. The van der Waals surface area contributed by atoms with Crippen molar-refractivity contribution < 1.29 is 4.42 Å². The summed E-state index contributed by atoms with van der Waals surface area (Å²) in [5.74, 6) is 0.947. The van der Waals surface area contributed by atoms with Gasteiger partial charge in [0.05, 0.1) is 16.3 Å². The molecule has 0 spiro atoms. The van der Waals surface area contributed by atoms with Crippen molar-refractivity contribution in [2.24, 2.45) is 0 Å². The van der Waals surface area contributed by atoms with Crippen molar-refractivity contribution in [2.75, 3.05) is 0 Å². The molecule has 0 bridgehead atoms. The van der Waals surface area contributed by atoms with E-state index in [4.69, 9.17) is 39.2 Å². The number of nitrogens with one attached hydrogen (secondary N) is 1. The predicted octanol–water partition coefficient (Wildman–Crippen LogP) is 4.96. The second kappa shape index (κ2) is 6.67. The van der Waals surface area contributed by atoms with E-state index >= 15 is 0 Å². The summed E-state index contributed by atoms with van der Waals surface area (Å²) >= 11 is 18.3. The molecular weight excluding hydrogens is 305 g/mol. The quantitative estimate of drug-likeness (QED) is 0.788. The van der Waals surface area contributed by atoms with E-state index in [1.807, 2.05) is 12.1 Å². The molecule has 0 aliphatic heterocycles. The molecule has 2 rings (SSSR count). The van der Waals surface area contributed by atoms with Gasteiger partial charge in [0, 0.05) is 29.6 Å². The average molecular weight is 319 g/mol. The summed E-state index contributed by atoms with van der Waals surface area (Å²) < 4.78 is 5.31. The molecule has 0 aliphatic rings. The van der Waals surface area contributed by atoms with E-state index in [-0.39, 0.29) is 6.04 Å². The fourth-order valence-electron chi connectivity index (χ4n) is 1.81. The Morgan fingerprint density at radius 2 is 1.89 bits per heavy atom. The lowest BCUT2D eigenvalue weighted by atomic mass is 10.1. The highest BCUT2D eigenvalue weighted by atomic mass is 35.5. The fourth-order valence-corrected chi connectivity index (χ4v) is 2.49. The van der Waals surface area contributed by atoms with Gasteiger partial charge in [0.1, 0.15) is 5.76 Å². The van der Waals surface area contributed by atoms with Crippen LogP contribution in [0.2, 0.25) is 15.1 Å². The molecule has 0 radical (unpaired) electrons. The average Bonchev–Trinajstić information content (AvgIpc) is 2.87. The third-order valence-corrected chi connectivity index (χ3v) is 4.05. The third kappa shape index (κ3) is 3.90. The Bertz CT molecular complexity index is 540. The number of furan rings is 1. The van der Waals surface area contributed by atoms with Crippen molar-refractivity contribution in [3.63, 3.8) is 0 Å². The highest BCUT2D eigenvalue weighted by Gasteiger charge is 2.11. The lowest BCUT2D eigenvalue weighted by Crippen LogP contribution is -2.27. The summed E-state index contributed by atoms with van der Waals surface area (Å²) in [5, 5.41) is 5.00. The van der Waals surface area contributed by atoms with Crippen LogP contribution in [0.15, 0.2) is 34.9 Å². The number of hydrogen-bond donors (Lipinski definition) is 1. The molecule has 1 N–H and O–H groups in total. The first-order valence-corrected chi connectivity index (χ1v) is 7.09. The number of rotatable bonds is 5. The Kier molecular flexibility index (Phi) is 5.17. The number of halogens is 3. The Morgan fingerprint density at radius 3 is 2.58 bits per heavy atom. The number of benzene rings is 1. The van der Waals surface area contributed by atoms with Crippen molar-refractivity contribution in [3.8, 4) is 0 Å². The van der Waals surface area contributed by atoms with Gasteiger partial charge in [-0.05, 0) is 31.2 Å². The lowest BCUT2D eigenvalue weighted by Gasteiger charge is -2.14. The molecule has 5 heteroatoms. The minimum Gasteiger partial charge on any atom is -0.469 e. The van der Waals surface area contributed by atoms with Gasteiger partial charge in [0.2, 0.25) is 0 Å². The lowest BCUT2D eigenvalue weighted by molar-refractivity contribution is 0.456. The Balaban J connectivity index is 1.97. The van der Waals surface area contributed by atoms with E-state index in [1.54, 1.807) is 18.4 Å². The molecule has 2 nitrogen and oxygen atoms in total. The molecule has 0 fully saturated rings. The Labute approximate surface area is 127 Å². The van der Waals surface area contributed by atoms with E-state index in [1.165, 1.54) is 0 Å². The molecule has 1 unspecified atom stereocenters. The molecule has 19 heavy (non-hydrogen) atoms. The van der Waals surface area contributed by atoms with Crippen molar-refractivity contribution in [1.29, 1.82) is 0 Å². The normalized spacial score (nSPS) is 12.6. The molecule has 1 atom stereocenters. The van der Waals surface area contributed by atoms with Gasteiger partial charge in [-0.1, -0.05) is 34.8 Å². The van der Waals surface area contributed by atoms with Crippen LogP contribution in [0, 0.1) is 0 Å². The summed E-state index contributed by atoms with van der Waals surface area (Å²) in [6.45, 7) is 2.65. The van der Waals surface area contributed by atoms with Gasteiger partial charge in [-0.3, -0.25) is 0 Å². The van der Waals surface area contributed by atoms with Crippen LogP contribution in [0.25, 0.3) is 0 Å². The first-order valence-electron chi connectivity index (χ1n) is 5.96. The summed E-state index contributed by atoms with van der Waals surface area (Å²) in [6.07, 6.45) is 2.48. The third-order valence-electron chi connectivity index (χ3n) is 2.85. The van der Waals surface area contributed by atoms with Gasteiger partial charge in [-0.25, -0.2) is 0 Å². The van der Waals surface area contributed by atoms with Gasteiger partial charge in [0.15, 0.2) is 0 Å². The van der Waals surface area contributed by atoms with E-state index in [2.05, 4.69) is 12.2 Å². The van der Waals surface area contributed by atoms with Gasteiger partial charge in [0.25, 0.3) is 0 Å². The summed E-state index contributed by atoms with van der Waals surface area (Å²) in [5.41, 5.74) is 0.821. The highest BCUT2D eigenvalue weighted by Crippen LogP contribution is 2.31. The van der Waals surface area contributed by atoms with E-state index in [0.29, 0.717) is 21.6 Å². The summed E-state index contributed by atoms with van der Waals surface area (Å²) in [7, 11) is 0. The molecule has 0 amide bonds. The van der Waals surface area contributed by atoms with Crippen LogP contribution in [0.3, 0.4) is 0 Å². The molecule has 0 saturated heterocycles. The van der Waals surface area contributed by atoms with Crippen LogP contribution >= 0.6 is 34.8 Å². The molecule has 102 valence electrons. The van der Waals surface area contributed by atoms with Crippen LogP contribution in [-0.4, -0.2) is 6.04 Å². The van der Waals surface area contributed by atoms with Crippen LogP contribution < -0.4 is 5.32 Å². The molecule has 1 heterocycles. The molecule has 0 aliphatic carbocycles. The minimum atomic E-state index is 0.247. The largest absolute Gasteiger partial charge is 0.469 e. The highest BCUT2D eigenvalue weighted by molar-refractivity contribution is 6.44. The van der Waals surface area contributed by atoms with E-state index in [0.717, 1.165) is 17.7 Å². The summed E-state index contributed by atoms with van der Waals surface area (Å²) in [6, 6.07) is 7.54. The fraction of sp³-hybridized carbons (Fsp3) is 0.286. The second-order valence-corrected chi connectivity index (χ2v) is 5.58. The Morgan fingerprint density at radius 1 is 1.16 bits per heavy atom. The molecule has 1 aromatic carbocycles. The van der Waals surface area contributed by atoms with Crippen molar-refractivity contribution in [1.82, 2.24) is 5.32 Å². The van der Waals surface area contributed by atoms with Gasteiger partial charge < -0.3 is 9.73 Å². The molecule has 2 aromatic rings. The van der Waals surface area contributed by atoms with Crippen molar-refractivity contribution in [3.05, 3.63) is 56.9 Å². The topological polar surface area (TPSA) is 25.2 Å². The van der Waals surface area contributed by atoms with Crippen LogP contribution in [-0.2, 0) is 13.0 Å². The summed E-state index contributed by atoms with van der Waals surface area (Å²) in [4.78, 5) is 0. The van der Waals surface area contributed by atoms with Gasteiger partial charge >= 0.3 is 0 Å². The van der Waals surface area contributed by atoms with Crippen LogP contribution in [0.4, 0.5) is 0 Å². The van der Waals surface area contributed by atoms with Crippen LogP contribution in [0.1, 0.15) is 18.2 Å². The first-order chi connectivity index (χ1) is 9.08. The maximum atomic E-state index is 6.15. The first kappa shape index (κ1) is 14.7. The maximum Gasteiger partial charge on any atom is 0.105 e. The molecular formula is C14H14Cl3NO. The van der Waals surface area contributed by atoms with Gasteiger partial charge in [-0.2, -0.15) is 0 Å². The Hall–Kier alpha value is -0.670. The van der Waals surface area contributed by atoms with Crippen LogP contribution in [0.5, 0.6) is 0 Å². The zero-order valence-electron chi connectivity index (χ0n) is 10.4. The van der Waals surface area contributed by atoms with E-state index in [9.17, 15) is 0 Å². The monoisotopic (exact) mass is 317 g/mol. The smallest absolute Gasteiger partial charge is 0.105 e. The predicted molar refractivity (Wildman–Crippen MR) is 80.2 cm³/mol. The van der Waals surface area contributed by atoms with Crippen molar-refractivity contribution in [2.45, 2.75) is 25.9 Å². The van der Waals surface area contributed by atoms with Gasteiger partial charge in [-0.15, -0.1) is 0 Å². The standard InChI is InChI=1S/C14H14Cl3NO/c1-9(7-10-3-2-6-19-10)18-8-11-12(15)4-5-13(16)14(11)17/h2-6,9,18H,7-8H2,1H3.